The predicted molar refractivity (Wildman–Crippen MR) is 148 cm³/mol. The zero-order chi connectivity index (χ0) is 25.9. The number of aromatic nitrogens is 1. The minimum atomic E-state index is -3.72. The lowest BCUT2D eigenvalue weighted by Crippen LogP contribution is -2.33. The molecule has 0 saturated carbocycles. The number of halogens is 1. The number of amides is 1. The van der Waals surface area contributed by atoms with Crippen LogP contribution in [0.1, 0.15) is 22.3 Å². The van der Waals surface area contributed by atoms with E-state index in [1.165, 1.54) is 23.5 Å². The summed E-state index contributed by atoms with van der Waals surface area (Å²) >= 11 is 7.66. The maximum Gasteiger partial charge on any atom is 0.261 e. The zero-order valence-corrected chi connectivity index (χ0v) is 22.6. The number of thiazole rings is 1. The number of benzene rings is 3. The Morgan fingerprint density at radius 1 is 1.03 bits per heavy atom. The molecule has 0 aliphatic carbocycles. The molecule has 7 nitrogen and oxygen atoms in total. The number of hydrogen-bond acceptors (Lipinski definition) is 6. The maximum absolute atomic E-state index is 13.6. The molecule has 0 fully saturated rings. The normalized spacial score (nSPS) is 11.7. The van der Waals surface area contributed by atoms with E-state index in [-0.39, 0.29) is 10.8 Å². The molecule has 4 rings (SSSR count). The van der Waals surface area contributed by atoms with Gasteiger partial charge in [-0.3, -0.25) is 14.4 Å². The SMILES string of the molecule is Cc1cc(Cl)cc2sc(N(CCCN(C)C)C(=O)c3ccc(NS(=O)(=O)c4ccccc4)cc3)nc12. The Labute approximate surface area is 220 Å². The number of nitrogens with zero attached hydrogens (tertiary/aromatic N) is 3. The number of hydrogen-bond donors (Lipinski definition) is 1. The molecule has 0 unspecified atom stereocenters. The third-order valence-electron chi connectivity index (χ3n) is 5.54. The summed E-state index contributed by atoms with van der Waals surface area (Å²) in [4.78, 5) is 22.3. The standard InChI is InChI=1S/C26H27ClN4O3S2/c1-18-16-20(27)17-23-24(18)28-26(35-23)31(15-7-14-30(2)3)25(32)19-10-12-21(13-11-19)29-36(33,34)22-8-5-4-6-9-22/h4-6,8-13,16-17,29H,7,14-15H2,1-3H3. The van der Waals surface area contributed by atoms with Crippen LogP contribution in [0.25, 0.3) is 10.2 Å². The lowest BCUT2D eigenvalue weighted by Gasteiger charge is -2.21. The Morgan fingerprint density at radius 3 is 2.39 bits per heavy atom. The monoisotopic (exact) mass is 542 g/mol. The third-order valence-corrected chi connectivity index (χ3v) is 8.18. The fourth-order valence-corrected chi connectivity index (χ4v) is 6.26. The maximum atomic E-state index is 13.6. The van der Waals surface area contributed by atoms with Crippen LogP contribution in [0.5, 0.6) is 0 Å². The van der Waals surface area contributed by atoms with Crippen molar-refractivity contribution in [2.24, 2.45) is 0 Å². The highest BCUT2D eigenvalue weighted by atomic mass is 35.5. The van der Waals surface area contributed by atoms with Gasteiger partial charge in [0.2, 0.25) is 0 Å². The van der Waals surface area contributed by atoms with E-state index in [0.29, 0.717) is 27.9 Å². The third kappa shape index (κ3) is 6.04. The topological polar surface area (TPSA) is 82.6 Å². The Hall–Kier alpha value is -2.98. The molecule has 10 heteroatoms. The van der Waals surface area contributed by atoms with Crippen molar-refractivity contribution in [2.45, 2.75) is 18.2 Å². The van der Waals surface area contributed by atoms with Crippen molar-refractivity contribution >= 4 is 59.9 Å². The molecule has 1 aromatic heterocycles. The Morgan fingerprint density at radius 2 is 1.72 bits per heavy atom. The van der Waals surface area contributed by atoms with Crippen LogP contribution in [-0.4, -0.2) is 51.4 Å². The van der Waals surface area contributed by atoms with E-state index in [1.54, 1.807) is 47.4 Å². The van der Waals surface area contributed by atoms with E-state index in [4.69, 9.17) is 16.6 Å². The molecule has 4 aromatic rings. The molecule has 1 heterocycles. The summed E-state index contributed by atoms with van der Waals surface area (Å²) in [6.45, 7) is 3.26. The fourth-order valence-electron chi connectivity index (χ4n) is 3.74. The van der Waals surface area contributed by atoms with Gasteiger partial charge in [-0.05, 0) is 88.1 Å². The van der Waals surface area contributed by atoms with Gasteiger partial charge in [-0.15, -0.1) is 0 Å². The van der Waals surface area contributed by atoms with E-state index in [0.717, 1.165) is 28.7 Å². The first kappa shape index (κ1) is 26.1. The van der Waals surface area contributed by atoms with Gasteiger partial charge in [0, 0.05) is 22.8 Å². The van der Waals surface area contributed by atoms with Crippen LogP contribution in [0.2, 0.25) is 5.02 Å². The van der Waals surface area contributed by atoms with Gasteiger partial charge < -0.3 is 4.90 Å². The fraction of sp³-hybridized carbons (Fsp3) is 0.231. The summed E-state index contributed by atoms with van der Waals surface area (Å²) in [5.41, 5.74) is 2.60. The first-order chi connectivity index (χ1) is 17.1. The van der Waals surface area contributed by atoms with Crippen molar-refractivity contribution in [3.8, 4) is 0 Å². The summed E-state index contributed by atoms with van der Waals surface area (Å²) in [6.07, 6.45) is 0.767. The Kier molecular flexibility index (Phi) is 7.94. The molecular weight excluding hydrogens is 516 g/mol. The van der Waals surface area contributed by atoms with E-state index in [1.807, 2.05) is 33.2 Å². The number of anilines is 2. The number of aryl methyl sites for hydroxylation is 1. The van der Waals surface area contributed by atoms with Gasteiger partial charge in [0.05, 0.1) is 15.1 Å². The van der Waals surface area contributed by atoms with Gasteiger partial charge in [0.1, 0.15) is 0 Å². The molecule has 0 bridgehead atoms. The quantitative estimate of drug-likeness (QED) is 0.295. The molecule has 1 amide bonds. The van der Waals surface area contributed by atoms with Crippen molar-refractivity contribution in [1.29, 1.82) is 0 Å². The largest absolute Gasteiger partial charge is 0.309 e. The summed E-state index contributed by atoms with van der Waals surface area (Å²) < 4.78 is 28.7. The summed E-state index contributed by atoms with van der Waals surface area (Å²) in [5.74, 6) is -0.200. The van der Waals surface area contributed by atoms with Crippen molar-refractivity contribution < 1.29 is 13.2 Å². The summed E-state index contributed by atoms with van der Waals surface area (Å²) in [7, 11) is 0.264. The first-order valence-corrected chi connectivity index (χ1v) is 14.0. The molecule has 0 aliphatic rings. The average molecular weight is 543 g/mol. The van der Waals surface area contributed by atoms with Gasteiger partial charge in [-0.2, -0.15) is 0 Å². The summed E-state index contributed by atoms with van der Waals surface area (Å²) in [5, 5.41) is 1.24. The molecular formula is C26H27ClN4O3S2. The highest BCUT2D eigenvalue weighted by Gasteiger charge is 2.22. The minimum absolute atomic E-state index is 0.170. The number of rotatable bonds is 9. The Bertz CT molecular complexity index is 1470. The molecule has 3 aromatic carbocycles. The lowest BCUT2D eigenvalue weighted by atomic mass is 10.2. The molecule has 0 radical (unpaired) electrons. The molecule has 0 aliphatic heterocycles. The van der Waals surface area contributed by atoms with Crippen LogP contribution >= 0.6 is 22.9 Å². The second-order valence-corrected chi connectivity index (χ2v) is 11.8. The van der Waals surface area contributed by atoms with Crippen LogP contribution in [0, 0.1) is 6.92 Å². The van der Waals surface area contributed by atoms with Gasteiger partial charge in [-0.1, -0.05) is 41.1 Å². The number of carbonyl (C=O) groups is 1. The zero-order valence-electron chi connectivity index (χ0n) is 20.2. The number of sulfonamides is 1. The van der Waals surface area contributed by atoms with Crippen LogP contribution in [-0.2, 0) is 10.0 Å². The van der Waals surface area contributed by atoms with E-state index >= 15 is 0 Å². The number of nitrogens with one attached hydrogen (secondary N) is 1. The molecule has 1 N–H and O–H groups in total. The van der Waals surface area contributed by atoms with Crippen LogP contribution in [0.4, 0.5) is 10.8 Å². The van der Waals surface area contributed by atoms with Crippen LogP contribution in [0.3, 0.4) is 0 Å². The highest BCUT2D eigenvalue weighted by Crippen LogP contribution is 2.34. The Balaban J connectivity index is 1.59. The van der Waals surface area contributed by atoms with Crippen LogP contribution < -0.4 is 9.62 Å². The average Bonchev–Trinajstić information content (AvgIpc) is 3.26. The molecule has 0 atom stereocenters. The second kappa shape index (κ2) is 11.0. The van der Waals surface area contributed by atoms with Crippen LogP contribution in [0.15, 0.2) is 71.6 Å². The van der Waals surface area contributed by atoms with Crippen molar-refractivity contribution in [3.05, 3.63) is 82.9 Å². The van der Waals surface area contributed by atoms with E-state index < -0.39 is 10.0 Å². The molecule has 0 saturated heterocycles. The van der Waals surface area contributed by atoms with Gasteiger partial charge in [0.25, 0.3) is 15.9 Å². The number of carbonyl (C=O) groups excluding carboxylic acids is 1. The first-order valence-electron chi connectivity index (χ1n) is 11.4. The van der Waals surface area contributed by atoms with Gasteiger partial charge >= 0.3 is 0 Å². The van der Waals surface area contributed by atoms with Crippen molar-refractivity contribution in [3.63, 3.8) is 0 Å². The van der Waals surface area contributed by atoms with Crippen molar-refractivity contribution in [2.75, 3.05) is 36.8 Å². The summed E-state index contributed by atoms with van der Waals surface area (Å²) in [6, 6.07) is 18.3. The predicted octanol–water partition coefficient (Wildman–Crippen LogP) is 5.66. The number of fused-ring (bicyclic) bond motifs is 1. The molecule has 0 spiro atoms. The van der Waals surface area contributed by atoms with Gasteiger partial charge in [-0.25, -0.2) is 13.4 Å². The van der Waals surface area contributed by atoms with E-state index in [2.05, 4.69) is 9.62 Å². The highest BCUT2D eigenvalue weighted by molar-refractivity contribution is 7.92. The lowest BCUT2D eigenvalue weighted by molar-refractivity contribution is 0.0986. The molecule has 188 valence electrons. The van der Waals surface area contributed by atoms with E-state index in [9.17, 15) is 13.2 Å². The second-order valence-electron chi connectivity index (χ2n) is 8.68. The van der Waals surface area contributed by atoms with Gasteiger partial charge in [0.15, 0.2) is 5.13 Å². The van der Waals surface area contributed by atoms with Crippen molar-refractivity contribution in [1.82, 2.24) is 9.88 Å². The smallest absolute Gasteiger partial charge is 0.261 e. The minimum Gasteiger partial charge on any atom is -0.309 e. The molecule has 36 heavy (non-hydrogen) atoms.